The van der Waals surface area contributed by atoms with Crippen molar-refractivity contribution in [1.82, 2.24) is 46.6 Å². The number of H-pyrrole nitrogens is 1. The van der Waals surface area contributed by atoms with Crippen molar-refractivity contribution in [2.45, 2.75) is 219 Å². The lowest BCUT2D eigenvalue weighted by Crippen LogP contribution is -2.45. The van der Waals surface area contributed by atoms with Crippen molar-refractivity contribution in [3.8, 4) is 0 Å². The zero-order valence-corrected chi connectivity index (χ0v) is 51.8. The molecule has 3 atom stereocenters. The molecule has 1 aromatic heterocycles. The number of benzene rings is 1. The summed E-state index contributed by atoms with van der Waals surface area (Å²) in [5, 5.41) is 42.4. The fraction of sp³-hybridized carbons (Fsp3) is 0.712. The van der Waals surface area contributed by atoms with Crippen molar-refractivity contribution < 1.29 is 76.0 Å². The number of ketones is 2. The Balaban J connectivity index is 0.000000864. The van der Waals surface area contributed by atoms with E-state index in [0.717, 1.165) is 43.5 Å². The monoisotopic (exact) mass is 1230 g/mol. The van der Waals surface area contributed by atoms with E-state index in [2.05, 4.69) is 46.6 Å². The molecule has 0 spiro atoms. The average molecular weight is 1240 g/mol. The van der Waals surface area contributed by atoms with Crippen molar-refractivity contribution >= 4 is 69.0 Å². The van der Waals surface area contributed by atoms with Gasteiger partial charge in [-0.25, -0.2) is 13.2 Å². The molecule has 26 nitrogen and oxygen atoms in total. The number of tetrazole rings is 1. The lowest BCUT2D eigenvalue weighted by molar-refractivity contribution is -0.144. The van der Waals surface area contributed by atoms with Gasteiger partial charge in [-0.2, -0.15) is 5.21 Å². The molecule has 2 rings (SSSR count). The van der Waals surface area contributed by atoms with Crippen molar-refractivity contribution in [3.63, 3.8) is 0 Å². The summed E-state index contributed by atoms with van der Waals surface area (Å²) in [5.41, 5.74) is 7.03. The van der Waals surface area contributed by atoms with E-state index in [9.17, 15) is 56.4 Å². The van der Waals surface area contributed by atoms with Gasteiger partial charge in [-0.3, -0.25) is 47.9 Å². The Morgan fingerprint density at radius 3 is 1.80 bits per heavy atom. The van der Waals surface area contributed by atoms with Crippen LogP contribution in [0.3, 0.4) is 0 Å². The van der Waals surface area contributed by atoms with E-state index in [1.807, 2.05) is 26.0 Å². The van der Waals surface area contributed by atoms with Crippen molar-refractivity contribution in [3.05, 3.63) is 41.2 Å². The Kier molecular flexibility index (Phi) is 43.5. The maximum atomic E-state index is 12.2. The van der Waals surface area contributed by atoms with Crippen LogP contribution in [0.15, 0.2) is 24.3 Å². The van der Waals surface area contributed by atoms with Crippen molar-refractivity contribution in [2.24, 2.45) is 11.7 Å². The molecule has 0 saturated heterocycles. The van der Waals surface area contributed by atoms with Crippen LogP contribution in [0.5, 0.6) is 0 Å². The summed E-state index contributed by atoms with van der Waals surface area (Å²) in [6, 6.07) is 5.28. The number of sulfonamides is 1. The van der Waals surface area contributed by atoms with Crippen LogP contribution in [0, 0.1) is 12.8 Å². The van der Waals surface area contributed by atoms with Crippen LogP contribution in [0.2, 0.25) is 0 Å². The number of nitrogens with two attached hydrogens (primary N) is 1. The standard InChI is InChI=1S/C31H56N6O7S.C28H42N4O9/c1-2-18-26(31(41)42)25-27(38)19-16-23-32-29(39)22-17-24-45(43,44)35-30(40)21-15-13-11-9-7-5-3-4-6-8-10-12-14-20-28-33-36-37-34-28;1-19-8-10-21(11-9-19)27(37)30-14-4-3-7-23(26(29)36)32-25(35)18-41-17-16-40-15-5-6-22(34)12-13-24(28(38)39)31-20(2)33/h26H,2-25H2,1H3,(H,32,39)(H,35,40)(H,41,42)(H,33,34,36,37);8-11,23-24H,3-7,12-18H2,1-2H3,(H2,29,36)(H,30,37)(H,31,33)(H,32,35)(H,38,39). The molecule has 0 aliphatic rings. The average Bonchev–Trinajstić information content (AvgIpc) is 4.16. The molecule has 0 saturated carbocycles. The van der Waals surface area contributed by atoms with E-state index in [1.165, 1.54) is 58.3 Å². The minimum absolute atomic E-state index is 0.00544. The Morgan fingerprint density at radius 1 is 0.605 bits per heavy atom. The number of nitrogens with zero attached hydrogens (tertiary/aromatic N) is 3. The number of nitrogens with one attached hydrogen (secondary N) is 6. The van der Waals surface area contributed by atoms with Gasteiger partial charge in [0.15, 0.2) is 5.82 Å². The number of aromatic nitrogens is 4. The number of Topliss-reactive ketones (excluding diaryl/α,β-unsaturated/α-hetero) is 2. The quantitative estimate of drug-likeness (QED) is 0.0374. The van der Waals surface area contributed by atoms with Crippen LogP contribution in [0.25, 0.3) is 0 Å². The summed E-state index contributed by atoms with van der Waals surface area (Å²) in [7, 11) is -3.80. The lowest BCUT2D eigenvalue weighted by Gasteiger charge is -2.15. The number of hydrogen-bond acceptors (Lipinski definition) is 17. The zero-order chi connectivity index (χ0) is 63.8. The first-order chi connectivity index (χ1) is 41.1. The predicted octanol–water partition coefficient (Wildman–Crippen LogP) is 5.40. The maximum absolute atomic E-state index is 12.2. The number of aromatic amines is 1. The van der Waals surface area contributed by atoms with Gasteiger partial charge in [0, 0.05) is 77.1 Å². The Labute approximate surface area is 507 Å². The molecule has 0 fully saturated rings. The van der Waals surface area contributed by atoms with Crippen LogP contribution >= 0.6 is 0 Å². The Hall–Kier alpha value is -6.74. The SMILES string of the molecule is CC(=O)NC(CCC(=O)CCCOCCOCC(=O)NC(CCCCNC(=O)c1ccc(C)cc1)C(N)=O)C(=O)O.CCCC(CC(=O)CCCNC(=O)CCCS(=O)(=O)NC(=O)CCCCCCCCCCCCCCCc1nn[nH]n1)C(=O)O. The molecule has 1 heterocycles. The van der Waals surface area contributed by atoms with E-state index < -0.39 is 63.6 Å². The number of ether oxygens (including phenoxy) is 2. The van der Waals surface area contributed by atoms with Crippen LogP contribution in [-0.4, -0.2) is 156 Å². The van der Waals surface area contributed by atoms with Gasteiger partial charge in [0.1, 0.15) is 30.3 Å². The van der Waals surface area contributed by atoms with Crippen LogP contribution < -0.4 is 31.7 Å². The molecule has 0 aliphatic heterocycles. The summed E-state index contributed by atoms with van der Waals surface area (Å²) >= 11 is 0. The second kappa shape index (κ2) is 48.4. The fourth-order valence-corrected chi connectivity index (χ4v) is 9.91. The molecular formula is C59H98N10O16S. The molecule has 0 aliphatic carbocycles. The molecule has 27 heteroatoms. The number of aliphatic carboxylic acids is 2. The predicted molar refractivity (Wildman–Crippen MR) is 320 cm³/mol. The topological polar surface area (TPSA) is 404 Å². The van der Waals surface area contributed by atoms with E-state index >= 15 is 0 Å². The number of amides is 6. The second-order valence-corrected chi connectivity index (χ2v) is 23.3. The summed E-state index contributed by atoms with van der Waals surface area (Å²) in [4.78, 5) is 117. The zero-order valence-electron chi connectivity index (χ0n) is 50.9. The minimum Gasteiger partial charge on any atom is -0.481 e. The van der Waals surface area contributed by atoms with E-state index in [4.69, 9.17) is 25.4 Å². The summed E-state index contributed by atoms with van der Waals surface area (Å²) in [5.74, 6) is -5.28. The number of carboxylic acids is 2. The number of carboxylic acid groups (broad SMARTS) is 2. The number of carbonyl (C=O) groups is 10. The highest BCUT2D eigenvalue weighted by Crippen LogP contribution is 2.16. The highest BCUT2D eigenvalue weighted by atomic mass is 32.2. The molecular weight excluding hydrogens is 1140 g/mol. The highest BCUT2D eigenvalue weighted by molar-refractivity contribution is 7.90. The summed E-state index contributed by atoms with van der Waals surface area (Å²) in [6.07, 6.45) is 19.7. The van der Waals surface area contributed by atoms with Gasteiger partial charge >= 0.3 is 11.9 Å². The summed E-state index contributed by atoms with van der Waals surface area (Å²) in [6.45, 7) is 6.02. The third kappa shape index (κ3) is 43.0. The Morgan fingerprint density at radius 2 is 1.21 bits per heavy atom. The first kappa shape index (κ1) is 77.3. The largest absolute Gasteiger partial charge is 0.481 e. The number of unbranched alkanes of at least 4 members (excludes halogenated alkanes) is 13. The number of aryl methyl sites for hydroxylation is 2. The normalized spacial score (nSPS) is 12.1. The molecule has 0 radical (unpaired) electrons. The first-order valence-corrected chi connectivity index (χ1v) is 32.1. The molecule has 1 aromatic carbocycles. The molecule has 2 aromatic rings. The van der Waals surface area contributed by atoms with Crippen molar-refractivity contribution in [1.29, 1.82) is 0 Å². The summed E-state index contributed by atoms with van der Waals surface area (Å²) < 4.78 is 37.1. The fourth-order valence-electron chi connectivity index (χ4n) is 8.83. The van der Waals surface area contributed by atoms with Gasteiger partial charge in [-0.15, -0.1) is 10.2 Å². The number of primary amides is 1. The molecule has 10 N–H and O–H groups in total. The van der Waals surface area contributed by atoms with Gasteiger partial charge in [-0.05, 0) is 83.3 Å². The minimum atomic E-state index is -3.80. The molecule has 486 valence electrons. The third-order valence-electron chi connectivity index (χ3n) is 13.6. The molecule has 3 unspecified atom stereocenters. The third-order valence-corrected chi connectivity index (χ3v) is 15.0. The van der Waals surface area contributed by atoms with E-state index in [1.54, 1.807) is 12.1 Å². The van der Waals surface area contributed by atoms with Gasteiger partial charge in [0.05, 0.1) is 24.9 Å². The maximum Gasteiger partial charge on any atom is 0.326 e. The number of hydrogen-bond donors (Lipinski definition) is 9. The van der Waals surface area contributed by atoms with Gasteiger partial charge < -0.3 is 46.7 Å². The van der Waals surface area contributed by atoms with Crippen molar-refractivity contribution in [2.75, 3.05) is 45.3 Å². The van der Waals surface area contributed by atoms with Crippen LogP contribution in [-0.2, 0) is 69.1 Å². The molecule has 0 bridgehead atoms. The lowest BCUT2D eigenvalue weighted by atomic mass is 9.96. The van der Waals surface area contributed by atoms with Crippen LogP contribution in [0.4, 0.5) is 0 Å². The van der Waals surface area contributed by atoms with Gasteiger partial charge in [0.2, 0.25) is 39.6 Å². The van der Waals surface area contributed by atoms with Gasteiger partial charge in [0.25, 0.3) is 5.91 Å². The van der Waals surface area contributed by atoms with Crippen LogP contribution in [0.1, 0.15) is 215 Å². The Bertz CT molecular complexity index is 2410. The smallest absolute Gasteiger partial charge is 0.326 e. The molecule has 86 heavy (non-hydrogen) atoms. The van der Waals surface area contributed by atoms with E-state index in [-0.39, 0.29) is 113 Å². The first-order valence-electron chi connectivity index (χ1n) is 30.5. The van der Waals surface area contributed by atoms with Gasteiger partial charge in [-0.1, -0.05) is 107 Å². The highest BCUT2D eigenvalue weighted by Gasteiger charge is 2.22. The van der Waals surface area contributed by atoms with E-state index in [0.29, 0.717) is 63.5 Å². The molecule has 6 amide bonds. The second-order valence-electron chi connectivity index (χ2n) is 21.5. The number of carbonyl (C=O) groups excluding carboxylic acids is 8. The number of rotatable bonds is 52.